The highest BCUT2D eigenvalue weighted by atomic mass is 16.5. The minimum absolute atomic E-state index is 0.109. The normalized spacial score (nSPS) is 37.6. The molecule has 0 bridgehead atoms. The van der Waals surface area contributed by atoms with Gasteiger partial charge in [0, 0.05) is 19.6 Å². The van der Waals surface area contributed by atoms with Crippen molar-refractivity contribution in [2.45, 2.75) is 31.3 Å². The summed E-state index contributed by atoms with van der Waals surface area (Å²) in [5.74, 6) is 0.109. The number of carbonyl (C=O) groups excluding carboxylic acids is 1. The van der Waals surface area contributed by atoms with Gasteiger partial charge in [-0.25, -0.2) is 0 Å². The molecule has 2 aliphatic heterocycles. The van der Waals surface area contributed by atoms with Gasteiger partial charge in [0.1, 0.15) is 5.60 Å². The van der Waals surface area contributed by atoms with Crippen molar-refractivity contribution in [2.75, 3.05) is 13.2 Å². The van der Waals surface area contributed by atoms with Crippen LogP contribution in [-0.4, -0.2) is 24.7 Å². The van der Waals surface area contributed by atoms with Gasteiger partial charge in [0.05, 0.1) is 0 Å². The number of amides is 1. The Hall–Kier alpha value is -0.570. The summed E-state index contributed by atoms with van der Waals surface area (Å²) in [5, 5.41) is 2.82. The molecule has 3 nitrogen and oxygen atoms in total. The molecular formula is C8H13NO2. The first-order chi connectivity index (χ1) is 5.33. The minimum atomic E-state index is -0.418. The Labute approximate surface area is 66.1 Å². The van der Waals surface area contributed by atoms with Gasteiger partial charge in [-0.15, -0.1) is 0 Å². The average molecular weight is 155 g/mol. The van der Waals surface area contributed by atoms with Gasteiger partial charge in [0.2, 0.25) is 0 Å². The third kappa shape index (κ3) is 1.03. The largest absolute Gasteiger partial charge is 0.365 e. The molecule has 1 amide bonds. The van der Waals surface area contributed by atoms with Crippen molar-refractivity contribution in [3.8, 4) is 0 Å². The van der Waals surface area contributed by atoms with E-state index in [1.54, 1.807) is 0 Å². The van der Waals surface area contributed by atoms with Gasteiger partial charge in [0.15, 0.2) is 0 Å². The smallest absolute Gasteiger partial charge is 0.252 e. The van der Waals surface area contributed by atoms with Crippen LogP contribution in [-0.2, 0) is 9.53 Å². The summed E-state index contributed by atoms with van der Waals surface area (Å²) in [6.45, 7) is 1.55. The van der Waals surface area contributed by atoms with Crippen LogP contribution in [0, 0.1) is 0 Å². The third-order valence-electron chi connectivity index (χ3n) is 2.58. The molecule has 0 aromatic heterocycles. The van der Waals surface area contributed by atoms with E-state index in [2.05, 4.69) is 5.32 Å². The van der Waals surface area contributed by atoms with Crippen LogP contribution in [0.4, 0.5) is 0 Å². The van der Waals surface area contributed by atoms with E-state index in [0.29, 0.717) is 0 Å². The average Bonchev–Trinajstić information content (AvgIpc) is 2.36. The van der Waals surface area contributed by atoms with Gasteiger partial charge < -0.3 is 10.1 Å². The molecule has 2 fully saturated rings. The summed E-state index contributed by atoms with van der Waals surface area (Å²) in [5.41, 5.74) is -0.418. The van der Waals surface area contributed by atoms with Crippen LogP contribution in [0.1, 0.15) is 25.7 Å². The second kappa shape index (κ2) is 2.48. The van der Waals surface area contributed by atoms with Gasteiger partial charge in [-0.2, -0.15) is 0 Å². The molecule has 0 aromatic carbocycles. The molecule has 1 unspecified atom stereocenters. The molecule has 11 heavy (non-hydrogen) atoms. The fourth-order valence-corrected chi connectivity index (χ4v) is 1.88. The summed E-state index contributed by atoms with van der Waals surface area (Å²) in [7, 11) is 0. The number of carbonyl (C=O) groups is 1. The zero-order valence-electron chi connectivity index (χ0n) is 6.56. The Morgan fingerprint density at radius 1 is 1.36 bits per heavy atom. The second-order valence-electron chi connectivity index (χ2n) is 3.31. The van der Waals surface area contributed by atoms with Crippen LogP contribution >= 0.6 is 0 Å². The molecule has 1 atom stereocenters. The molecule has 2 saturated heterocycles. The number of rotatable bonds is 0. The molecule has 0 aromatic rings. The van der Waals surface area contributed by atoms with Crippen molar-refractivity contribution in [3.63, 3.8) is 0 Å². The lowest BCUT2D eigenvalue weighted by Gasteiger charge is -2.30. The standard InChI is InChI=1S/C8H13NO2/c10-7-8(4-5-9-7)3-1-2-6-11-8/h1-6H2,(H,9,10). The van der Waals surface area contributed by atoms with E-state index < -0.39 is 5.60 Å². The minimum Gasteiger partial charge on any atom is -0.365 e. The zero-order chi connectivity index (χ0) is 7.73. The first kappa shape index (κ1) is 7.10. The Morgan fingerprint density at radius 3 is 2.82 bits per heavy atom. The topological polar surface area (TPSA) is 38.3 Å². The first-order valence-electron chi connectivity index (χ1n) is 4.26. The van der Waals surface area contributed by atoms with Crippen molar-refractivity contribution in [1.29, 1.82) is 0 Å². The first-order valence-corrected chi connectivity index (χ1v) is 4.26. The maximum absolute atomic E-state index is 11.3. The molecule has 1 N–H and O–H groups in total. The van der Waals surface area contributed by atoms with E-state index in [-0.39, 0.29) is 5.91 Å². The lowest BCUT2D eigenvalue weighted by Crippen LogP contribution is -2.43. The van der Waals surface area contributed by atoms with Crippen LogP contribution in [0.5, 0.6) is 0 Å². The SMILES string of the molecule is O=C1NCCC12CCCCO2. The second-order valence-corrected chi connectivity index (χ2v) is 3.31. The van der Waals surface area contributed by atoms with E-state index in [1.165, 1.54) is 0 Å². The number of hydrogen-bond acceptors (Lipinski definition) is 2. The summed E-state index contributed by atoms with van der Waals surface area (Å²) < 4.78 is 5.53. The zero-order valence-corrected chi connectivity index (χ0v) is 6.56. The van der Waals surface area contributed by atoms with E-state index in [9.17, 15) is 4.79 Å². The van der Waals surface area contributed by atoms with Gasteiger partial charge in [0.25, 0.3) is 5.91 Å². The predicted octanol–water partition coefficient (Wildman–Crippen LogP) is 0.446. The molecule has 0 radical (unpaired) electrons. The van der Waals surface area contributed by atoms with Crippen LogP contribution in [0.25, 0.3) is 0 Å². The highest BCUT2D eigenvalue weighted by Crippen LogP contribution is 2.30. The fraction of sp³-hybridized carbons (Fsp3) is 0.875. The lowest BCUT2D eigenvalue weighted by molar-refractivity contribution is -0.147. The Kier molecular flexibility index (Phi) is 1.60. The van der Waals surface area contributed by atoms with Crippen molar-refractivity contribution in [3.05, 3.63) is 0 Å². The van der Waals surface area contributed by atoms with E-state index in [4.69, 9.17) is 4.74 Å². The monoisotopic (exact) mass is 155 g/mol. The van der Waals surface area contributed by atoms with Crippen molar-refractivity contribution in [2.24, 2.45) is 0 Å². The van der Waals surface area contributed by atoms with Crippen molar-refractivity contribution >= 4 is 5.91 Å². The highest BCUT2D eigenvalue weighted by molar-refractivity contribution is 5.87. The van der Waals surface area contributed by atoms with Crippen molar-refractivity contribution in [1.82, 2.24) is 5.32 Å². The molecule has 0 aliphatic carbocycles. The lowest BCUT2D eigenvalue weighted by atomic mass is 9.92. The maximum atomic E-state index is 11.3. The molecular weight excluding hydrogens is 142 g/mol. The highest BCUT2D eigenvalue weighted by Gasteiger charge is 2.44. The molecule has 3 heteroatoms. The molecule has 2 aliphatic rings. The van der Waals surface area contributed by atoms with Crippen LogP contribution in [0.15, 0.2) is 0 Å². The number of nitrogens with one attached hydrogen (secondary N) is 1. The molecule has 2 rings (SSSR count). The predicted molar refractivity (Wildman–Crippen MR) is 40.2 cm³/mol. The molecule has 0 saturated carbocycles. The number of hydrogen-bond donors (Lipinski definition) is 1. The van der Waals surface area contributed by atoms with Gasteiger partial charge in [-0.1, -0.05) is 0 Å². The fourth-order valence-electron chi connectivity index (χ4n) is 1.88. The van der Waals surface area contributed by atoms with Gasteiger partial charge in [-0.05, 0) is 19.3 Å². The Morgan fingerprint density at radius 2 is 2.27 bits per heavy atom. The molecule has 62 valence electrons. The summed E-state index contributed by atoms with van der Waals surface area (Å²) >= 11 is 0. The quantitative estimate of drug-likeness (QED) is 0.551. The summed E-state index contributed by atoms with van der Waals surface area (Å²) in [4.78, 5) is 11.3. The Bertz CT molecular complexity index is 173. The van der Waals surface area contributed by atoms with E-state index in [1.807, 2.05) is 0 Å². The van der Waals surface area contributed by atoms with E-state index >= 15 is 0 Å². The summed E-state index contributed by atoms with van der Waals surface area (Å²) in [6.07, 6.45) is 4.02. The van der Waals surface area contributed by atoms with Gasteiger partial charge in [-0.3, -0.25) is 4.79 Å². The molecule has 1 spiro atoms. The van der Waals surface area contributed by atoms with Crippen LogP contribution in [0.3, 0.4) is 0 Å². The summed E-state index contributed by atoms with van der Waals surface area (Å²) in [6, 6.07) is 0. The van der Waals surface area contributed by atoms with Crippen LogP contribution in [0.2, 0.25) is 0 Å². The van der Waals surface area contributed by atoms with E-state index in [0.717, 1.165) is 38.8 Å². The van der Waals surface area contributed by atoms with Crippen molar-refractivity contribution < 1.29 is 9.53 Å². The Balaban J connectivity index is 2.12. The maximum Gasteiger partial charge on any atom is 0.252 e. The third-order valence-corrected chi connectivity index (χ3v) is 2.58. The number of ether oxygens (including phenoxy) is 1. The van der Waals surface area contributed by atoms with Crippen LogP contribution < -0.4 is 5.32 Å². The molecule has 2 heterocycles. The van der Waals surface area contributed by atoms with Gasteiger partial charge >= 0.3 is 0 Å².